The third-order valence-electron chi connectivity index (χ3n) is 5.53. The van der Waals surface area contributed by atoms with Crippen molar-refractivity contribution in [3.05, 3.63) is 83.2 Å². The number of aryl methyl sites for hydroxylation is 3. The van der Waals surface area contributed by atoms with Crippen molar-refractivity contribution in [2.24, 2.45) is 0 Å². The van der Waals surface area contributed by atoms with Crippen molar-refractivity contribution in [1.29, 1.82) is 0 Å². The molecule has 4 heteroatoms. The van der Waals surface area contributed by atoms with Gasteiger partial charge in [-0.3, -0.25) is 14.6 Å². The second kappa shape index (κ2) is 9.49. The van der Waals surface area contributed by atoms with Crippen LogP contribution in [0.25, 0.3) is 11.1 Å². The maximum absolute atomic E-state index is 12.8. The molecule has 3 rings (SSSR count). The summed E-state index contributed by atoms with van der Waals surface area (Å²) < 4.78 is 0. The Morgan fingerprint density at radius 1 is 0.967 bits per heavy atom. The number of rotatable bonds is 7. The van der Waals surface area contributed by atoms with E-state index in [0.29, 0.717) is 19.3 Å². The number of carbonyl (C=O) groups excluding carboxylic acids is 2. The number of pyridine rings is 1. The molecule has 0 spiro atoms. The van der Waals surface area contributed by atoms with E-state index in [9.17, 15) is 9.59 Å². The number of nitrogens with zero attached hydrogens (tertiary/aromatic N) is 2. The Balaban J connectivity index is 1.72. The van der Waals surface area contributed by atoms with Crippen LogP contribution >= 0.6 is 0 Å². The minimum atomic E-state index is 0.0861. The second-order valence-corrected chi connectivity index (χ2v) is 7.55. The number of anilines is 1. The number of Topliss-reactive ketones (excluding diaryl/α,β-unsaturated/α-hetero) is 1. The molecule has 2 aromatic carbocycles. The number of hydrogen-bond acceptors (Lipinski definition) is 3. The summed E-state index contributed by atoms with van der Waals surface area (Å²) >= 11 is 0. The Hall–Kier alpha value is -3.27. The maximum Gasteiger partial charge on any atom is 0.226 e. The Kier molecular flexibility index (Phi) is 6.78. The monoisotopic (exact) mass is 400 g/mol. The van der Waals surface area contributed by atoms with Gasteiger partial charge in [-0.05, 0) is 60.7 Å². The van der Waals surface area contributed by atoms with Gasteiger partial charge in [0.2, 0.25) is 5.91 Å². The zero-order valence-electron chi connectivity index (χ0n) is 18.1. The molecule has 0 radical (unpaired) electrons. The number of hydrogen-bond donors (Lipinski definition) is 0. The molecular weight excluding hydrogens is 372 g/mol. The van der Waals surface area contributed by atoms with Crippen LogP contribution in [0.15, 0.2) is 60.8 Å². The van der Waals surface area contributed by atoms with Gasteiger partial charge in [0.15, 0.2) is 5.78 Å². The van der Waals surface area contributed by atoms with Gasteiger partial charge in [0, 0.05) is 43.0 Å². The van der Waals surface area contributed by atoms with Gasteiger partial charge in [0.1, 0.15) is 0 Å². The summed E-state index contributed by atoms with van der Waals surface area (Å²) in [4.78, 5) is 30.6. The van der Waals surface area contributed by atoms with Crippen LogP contribution in [-0.2, 0) is 11.2 Å². The van der Waals surface area contributed by atoms with Crippen molar-refractivity contribution in [3.63, 3.8) is 0 Å². The minimum absolute atomic E-state index is 0.0861. The fourth-order valence-electron chi connectivity index (χ4n) is 3.58. The molecule has 0 bridgehead atoms. The van der Waals surface area contributed by atoms with E-state index in [4.69, 9.17) is 0 Å². The number of benzene rings is 2. The van der Waals surface area contributed by atoms with Gasteiger partial charge in [-0.2, -0.15) is 0 Å². The Morgan fingerprint density at radius 2 is 1.67 bits per heavy atom. The number of carbonyl (C=O) groups is 2. The molecule has 1 heterocycles. The van der Waals surface area contributed by atoms with Crippen LogP contribution in [0.5, 0.6) is 0 Å². The molecule has 0 atom stereocenters. The van der Waals surface area contributed by atoms with E-state index < -0.39 is 0 Å². The molecule has 4 nitrogen and oxygen atoms in total. The maximum atomic E-state index is 12.8. The zero-order chi connectivity index (χ0) is 21.7. The Labute approximate surface area is 178 Å². The highest BCUT2D eigenvalue weighted by Crippen LogP contribution is 2.26. The van der Waals surface area contributed by atoms with Gasteiger partial charge in [-0.1, -0.05) is 43.3 Å². The first-order valence-electron chi connectivity index (χ1n) is 10.3. The first-order valence-corrected chi connectivity index (χ1v) is 10.3. The lowest BCUT2D eigenvalue weighted by Gasteiger charge is -2.17. The molecule has 0 aliphatic rings. The number of ketones is 1. The van der Waals surface area contributed by atoms with Crippen LogP contribution in [0.4, 0.5) is 5.69 Å². The summed E-state index contributed by atoms with van der Waals surface area (Å²) in [5.41, 5.74) is 6.83. The van der Waals surface area contributed by atoms with Crippen LogP contribution in [0.3, 0.4) is 0 Å². The predicted molar refractivity (Wildman–Crippen MR) is 122 cm³/mol. The van der Waals surface area contributed by atoms with Crippen LogP contribution in [0, 0.1) is 13.8 Å². The molecule has 0 fully saturated rings. The summed E-state index contributed by atoms with van der Waals surface area (Å²) in [5, 5.41) is 0. The standard InChI is InChI=1S/C26H28N2O2/c1-5-26(30)28(4)23-12-8-21(9-13-23)22-10-14-24(18(2)17-22)25(29)15-11-20-7-6-16-27-19(20)3/h6-10,12-14,16-17H,5,11,15H2,1-4H3. The fraction of sp³-hybridized carbons (Fsp3) is 0.269. The smallest absolute Gasteiger partial charge is 0.226 e. The van der Waals surface area contributed by atoms with E-state index in [1.807, 2.05) is 69.3 Å². The fourth-order valence-corrected chi connectivity index (χ4v) is 3.58. The summed E-state index contributed by atoms with van der Waals surface area (Å²) in [6.07, 6.45) is 3.42. The summed E-state index contributed by atoms with van der Waals surface area (Å²) in [5.74, 6) is 0.236. The summed E-state index contributed by atoms with van der Waals surface area (Å²) in [7, 11) is 1.79. The Morgan fingerprint density at radius 3 is 2.30 bits per heavy atom. The number of amides is 1. The molecule has 30 heavy (non-hydrogen) atoms. The molecule has 0 unspecified atom stereocenters. The van der Waals surface area contributed by atoms with Gasteiger partial charge >= 0.3 is 0 Å². The quantitative estimate of drug-likeness (QED) is 0.488. The van der Waals surface area contributed by atoms with Gasteiger partial charge in [-0.15, -0.1) is 0 Å². The van der Waals surface area contributed by atoms with Crippen LogP contribution < -0.4 is 4.90 Å². The molecule has 0 saturated carbocycles. The van der Waals surface area contributed by atoms with Crippen molar-refractivity contribution in [2.45, 2.75) is 40.0 Å². The lowest BCUT2D eigenvalue weighted by Crippen LogP contribution is -2.24. The molecule has 0 aliphatic carbocycles. The lowest BCUT2D eigenvalue weighted by atomic mass is 9.95. The number of aromatic nitrogens is 1. The van der Waals surface area contributed by atoms with Gasteiger partial charge in [-0.25, -0.2) is 0 Å². The second-order valence-electron chi connectivity index (χ2n) is 7.55. The van der Waals surface area contributed by atoms with Crippen LogP contribution in [-0.4, -0.2) is 23.7 Å². The third-order valence-corrected chi connectivity index (χ3v) is 5.53. The van der Waals surface area contributed by atoms with Crippen molar-refractivity contribution in [2.75, 3.05) is 11.9 Å². The van der Waals surface area contributed by atoms with Crippen molar-refractivity contribution in [1.82, 2.24) is 4.98 Å². The molecule has 0 saturated heterocycles. The van der Waals surface area contributed by atoms with E-state index >= 15 is 0 Å². The first-order chi connectivity index (χ1) is 14.4. The normalized spacial score (nSPS) is 10.7. The van der Waals surface area contributed by atoms with Crippen LogP contribution in [0.2, 0.25) is 0 Å². The molecule has 1 amide bonds. The molecule has 1 aromatic heterocycles. The molecular formula is C26H28N2O2. The SMILES string of the molecule is CCC(=O)N(C)c1ccc(-c2ccc(C(=O)CCc3cccnc3C)c(C)c2)cc1. The van der Waals surface area contributed by atoms with E-state index in [1.165, 1.54) is 0 Å². The Bertz CT molecular complexity index is 1050. The van der Waals surface area contributed by atoms with Crippen LogP contribution in [0.1, 0.15) is 46.9 Å². The lowest BCUT2D eigenvalue weighted by molar-refractivity contribution is -0.118. The zero-order valence-corrected chi connectivity index (χ0v) is 18.1. The predicted octanol–water partition coefficient (Wildman–Crippen LogP) is 5.55. The third kappa shape index (κ3) is 4.82. The van der Waals surface area contributed by atoms with Crippen molar-refractivity contribution >= 4 is 17.4 Å². The van der Waals surface area contributed by atoms with Gasteiger partial charge in [0.25, 0.3) is 0 Å². The largest absolute Gasteiger partial charge is 0.316 e. The topological polar surface area (TPSA) is 50.3 Å². The molecule has 3 aromatic rings. The van der Waals surface area contributed by atoms with E-state index in [2.05, 4.69) is 11.1 Å². The average molecular weight is 401 g/mol. The molecule has 154 valence electrons. The first kappa shape index (κ1) is 21.4. The summed E-state index contributed by atoms with van der Waals surface area (Å²) in [6.45, 7) is 5.81. The van der Waals surface area contributed by atoms with E-state index in [1.54, 1.807) is 18.1 Å². The summed E-state index contributed by atoms with van der Waals surface area (Å²) in [6, 6.07) is 17.8. The van der Waals surface area contributed by atoms with E-state index in [-0.39, 0.29) is 11.7 Å². The highest BCUT2D eigenvalue weighted by Gasteiger charge is 2.12. The molecule has 0 N–H and O–H groups in total. The van der Waals surface area contributed by atoms with Crippen molar-refractivity contribution < 1.29 is 9.59 Å². The highest BCUT2D eigenvalue weighted by molar-refractivity contribution is 5.98. The van der Waals surface area contributed by atoms with Gasteiger partial charge in [0.05, 0.1) is 0 Å². The molecule has 0 aliphatic heterocycles. The van der Waals surface area contributed by atoms with Gasteiger partial charge < -0.3 is 4.90 Å². The highest BCUT2D eigenvalue weighted by atomic mass is 16.2. The van der Waals surface area contributed by atoms with Crippen molar-refractivity contribution in [3.8, 4) is 11.1 Å². The average Bonchev–Trinajstić information content (AvgIpc) is 2.77. The minimum Gasteiger partial charge on any atom is -0.316 e. The van der Waals surface area contributed by atoms with E-state index in [0.717, 1.165) is 39.2 Å².